The summed E-state index contributed by atoms with van der Waals surface area (Å²) in [4.78, 5) is 10.0. The number of ether oxygens (including phenoxy) is 1. The van der Waals surface area contributed by atoms with Gasteiger partial charge < -0.3 is 9.84 Å². The summed E-state index contributed by atoms with van der Waals surface area (Å²) in [7, 11) is 0. The molecule has 15 heavy (non-hydrogen) atoms. The lowest BCUT2D eigenvalue weighted by atomic mass is 10.3. The molecule has 1 atom stereocenters. The molecule has 1 N–H and O–H groups in total. The van der Waals surface area contributed by atoms with Crippen molar-refractivity contribution in [1.29, 1.82) is 0 Å². The van der Waals surface area contributed by atoms with Gasteiger partial charge in [0.1, 0.15) is 12.9 Å². The van der Waals surface area contributed by atoms with E-state index < -0.39 is 11.7 Å². The predicted molar refractivity (Wildman–Crippen MR) is 51.5 cm³/mol. The van der Waals surface area contributed by atoms with E-state index in [1.54, 1.807) is 6.92 Å². The zero-order valence-electron chi connectivity index (χ0n) is 8.58. The van der Waals surface area contributed by atoms with Gasteiger partial charge in [0.05, 0.1) is 11.0 Å². The summed E-state index contributed by atoms with van der Waals surface area (Å²) in [5.41, 5.74) is -0.232. The summed E-state index contributed by atoms with van der Waals surface area (Å²) in [5, 5.41) is 23.1. The molecular formula is C8H13N3O4. The van der Waals surface area contributed by atoms with E-state index in [2.05, 4.69) is 5.10 Å². The largest absolute Gasteiger partial charge is 0.469 e. The summed E-state index contributed by atoms with van der Waals surface area (Å²) in [6.07, 6.45) is 1.71. The minimum Gasteiger partial charge on any atom is -0.469 e. The summed E-state index contributed by atoms with van der Waals surface area (Å²) in [5.74, 6) is -0.0524. The molecule has 84 valence electrons. The lowest BCUT2D eigenvalue weighted by molar-refractivity contribution is -0.386. The van der Waals surface area contributed by atoms with Crippen LogP contribution in [0.15, 0.2) is 6.20 Å². The Morgan fingerprint density at radius 2 is 2.47 bits per heavy atom. The van der Waals surface area contributed by atoms with E-state index in [0.29, 0.717) is 0 Å². The van der Waals surface area contributed by atoms with Gasteiger partial charge in [0.15, 0.2) is 0 Å². The second-order valence-corrected chi connectivity index (χ2v) is 3.09. The topological polar surface area (TPSA) is 90.4 Å². The average molecular weight is 215 g/mol. The van der Waals surface area contributed by atoms with Crippen LogP contribution < -0.4 is 4.74 Å². The molecule has 0 aromatic carbocycles. The lowest BCUT2D eigenvalue weighted by Gasteiger charge is -2.08. The highest BCUT2D eigenvalue weighted by atomic mass is 16.6. The highest BCUT2D eigenvalue weighted by Gasteiger charge is 2.22. The van der Waals surface area contributed by atoms with Gasteiger partial charge in [-0.3, -0.25) is 10.1 Å². The molecule has 0 amide bonds. The first-order valence-electron chi connectivity index (χ1n) is 4.57. The molecule has 0 aliphatic rings. The van der Waals surface area contributed by atoms with Gasteiger partial charge in [-0.15, -0.1) is 5.10 Å². The van der Waals surface area contributed by atoms with Crippen molar-refractivity contribution in [2.24, 2.45) is 0 Å². The van der Waals surface area contributed by atoms with Crippen molar-refractivity contribution in [2.75, 3.05) is 0 Å². The van der Waals surface area contributed by atoms with Gasteiger partial charge in [-0.1, -0.05) is 6.92 Å². The van der Waals surface area contributed by atoms with Crippen LogP contribution in [0.1, 0.15) is 20.3 Å². The summed E-state index contributed by atoms with van der Waals surface area (Å²) in [6.45, 7) is 3.28. The maximum atomic E-state index is 10.6. The van der Waals surface area contributed by atoms with Crippen LogP contribution in [0.25, 0.3) is 0 Å². The zero-order chi connectivity index (χ0) is 11.4. The normalized spacial score (nSPS) is 12.5. The van der Waals surface area contributed by atoms with Crippen molar-refractivity contribution in [3.05, 3.63) is 16.3 Å². The molecule has 1 rings (SSSR count). The van der Waals surface area contributed by atoms with Crippen LogP contribution >= 0.6 is 0 Å². The zero-order valence-corrected chi connectivity index (χ0v) is 8.58. The van der Waals surface area contributed by atoms with Crippen molar-refractivity contribution in [1.82, 2.24) is 9.78 Å². The van der Waals surface area contributed by atoms with E-state index >= 15 is 0 Å². The fourth-order valence-corrected chi connectivity index (χ4v) is 0.949. The smallest absolute Gasteiger partial charge is 0.350 e. The number of hydrogen-bond donors (Lipinski definition) is 1. The van der Waals surface area contributed by atoms with Gasteiger partial charge in [0, 0.05) is 0 Å². The minimum atomic E-state index is -0.586. The van der Waals surface area contributed by atoms with Gasteiger partial charge in [-0.2, -0.15) is 0 Å². The number of aliphatic hydroxyl groups is 1. The van der Waals surface area contributed by atoms with E-state index in [1.165, 1.54) is 0 Å². The molecule has 0 saturated carbocycles. The van der Waals surface area contributed by atoms with E-state index in [9.17, 15) is 10.1 Å². The fourth-order valence-electron chi connectivity index (χ4n) is 0.949. The summed E-state index contributed by atoms with van der Waals surface area (Å²) >= 11 is 0. The molecule has 0 bridgehead atoms. The van der Waals surface area contributed by atoms with Gasteiger partial charge in [-0.25, -0.2) is 4.68 Å². The standard InChI is InChI=1S/C8H13N3O4/c1-3-6(2)15-8-7(11(13)14)4-10(5-12)9-8/h4,6,12H,3,5H2,1-2H3/t6-/m0/s1. The molecule has 0 saturated heterocycles. The van der Waals surface area contributed by atoms with Gasteiger partial charge in [-0.05, 0) is 13.3 Å². The monoisotopic (exact) mass is 215 g/mol. The van der Waals surface area contributed by atoms with Crippen molar-refractivity contribution < 1.29 is 14.8 Å². The van der Waals surface area contributed by atoms with Crippen molar-refractivity contribution >= 4 is 5.69 Å². The second-order valence-electron chi connectivity index (χ2n) is 3.09. The van der Waals surface area contributed by atoms with Crippen LogP contribution in [0, 0.1) is 10.1 Å². The number of hydrogen-bond acceptors (Lipinski definition) is 5. The third-order valence-corrected chi connectivity index (χ3v) is 1.94. The van der Waals surface area contributed by atoms with Crippen LogP contribution in [0.4, 0.5) is 5.69 Å². The van der Waals surface area contributed by atoms with Gasteiger partial charge in [0.25, 0.3) is 0 Å². The molecular weight excluding hydrogens is 202 g/mol. The van der Waals surface area contributed by atoms with Crippen LogP contribution in [0.3, 0.4) is 0 Å². The first-order valence-corrected chi connectivity index (χ1v) is 4.57. The first-order chi connectivity index (χ1) is 7.08. The molecule has 0 fully saturated rings. The number of aromatic nitrogens is 2. The van der Waals surface area contributed by atoms with Crippen molar-refractivity contribution in [2.45, 2.75) is 33.1 Å². The van der Waals surface area contributed by atoms with E-state index in [-0.39, 0.29) is 17.7 Å². The van der Waals surface area contributed by atoms with E-state index in [0.717, 1.165) is 17.3 Å². The number of aliphatic hydroxyl groups excluding tert-OH is 1. The molecule has 7 nitrogen and oxygen atoms in total. The molecule has 0 aliphatic carbocycles. The fraction of sp³-hybridized carbons (Fsp3) is 0.625. The Morgan fingerprint density at radius 1 is 1.80 bits per heavy atom. The Kier molecular flexibility index (Phi) is 3.62. The highest BCUT2D eigenvalue weighted by molar-refractivity contribution is 5.38. The Balaban J connectivity index is 2.93. The van der Waals surface area contributed by atoms with E-state index in [1.807, 2.05) is 6.92 Å². The highest BCUT2D eigenvalue weighted by Crippen LogP contribution is 2.25. The number of nitrogens with zero attached hydrogens (tertiary/aromatic N) is 3. The van der Waals surface area contributed by atoms with Crippen LogP contribution in [-0.4, -0.2) is 25.9 Å². The SMILES string of the molecule is CC[C@H](C)Oc1nn(CO)cc1[N+](=O)[O-]. The van der Waals surface area contributed by atoms with Crippen molar-refractivity contribution in [3.8, 4) is 5.88 Å². The number of rotatable bonds is 5. The molecule has 1 heterocycles. The van der Waals surface area contributed by atoms with Crippen LogP contribution in [0.5, 0.6) is 5.88 Å². The molecule has 0 radical (unpaired) electrons. The maximum Gasteiger partial charge on any atom is 0.350 e. The first kappa shape index (κ1) is 11.4. The molecule has 0 spiro atoms. The molecule has 0 aliphatic heterocycles. The molecule has 1 aromatic heterocycles. The van der Waals surface area contributed by atoms with Crippen LogP contribution in [-0.2, 0) is 6.73 Å². The third kappa shape index (κ3) is 2.66. The molecule has 7 heteroatoms. The Bertz CT molecular complexity index is 350. The Hall–Kier alpha value is -1.63. The third-order valence-electron chi connectivity index (χ3n) is 1.94. The van der Waals surface area contributed by atoms with E-state index in [4.69, 9.17) is 9.84 Å². The quantitative estimate of drug-likeness (QED) is 0.582. The Labute approximate surface area is 86.4 Å². The van der Waals surface area contributed by atoms with Crippen LogP contribution in [0.2, 0.25) is 0 Å². The summed E-state index contributed by atoms with van der Waals surface area (Å²) < 4.78 is 6.31. The Morgan fingerprint density at radius 3 is 2.93 bits per heavy atom. The second kappa shape index (κ2) is 4.74. The average Bonchev–Trinajstić information content (AvgIpc) is 2.61. The van der Waals surface area contributed by atoms with Gasteiger partial charge >= 0.3 is 11.6 Å². The van der Waals surface area contributed by atoms with Crippen molar-refractivity contribution in [3.63, 3.8) is 0 Å². The molecule has 1 aromatic rings. The van der Waals surface area contributed by atoms with Gasteiger partial charge in [0.2, 0.25) is 0 Å². The minimum absolute atomic E-state index is 0.0524. The summed E-state index contributed by atoms with van der Waals surface area (Å²) in [6, 6.07) is 0. The maximum absolute atomic E-state index is 10.6. The lowest BCUT2D eigenvalue weighted by Crippen LogP contribution is -2.11. The molecule has 0 unspecified atom stereocenters. The predicted octanol–water partition coefficient (Wildman–Crippen LogP) is 0.918. The number of nitro groups is 1.